The number of carbonyl (C=O) groups is 1. The highest BCUT2D eigenvalue weighted by molar-refractivity contribution is 14.1. The molecular formula is C16H13IN2O4S. The Kier molecular flexibility index (Phi) is 4.35. The van der Waals surface area contributed by atoms with Crippen molar-refractivity contribution in [3.8, 4) is 0 Å². The number of hydrogen-bond donors (Lipinski definition) is 0. The van der Waals surface area contributed by atoms with Crippen LogP contribution in [0.25, 0.3) is 11.0 Å². The number of fused-ring (bicyclic) bond motifs is 1. The summed E-state index contributed by atoms with van der Waals surface area (Å²) in [7, 11) is -2.47. The number of aryl methyl sites for hydroxylation is 1. The summed E-state index contributed by atoms with van der Waals surface area (Å²) in [5, 5.41) is 0. The van der Waals surface area contributed by atoms with Crippen LogP contribution in [-0.2, 0) is 14.8 Å². The van der Waals surface area contributed by atoms with Crippen molar-refractivity contribution in [3.63, 3.8) is 0 Å². The topological polar surface area (TPSA) is 78.3 Å². The van der Waals surface area contributed by atoms with Crippen LogP contribution in [0.15, 0.2) is 47.5 Å². The van der Waals surface area contributed by atoms with Crippen molar-refractivity contribution in [2.45, 2.75) is 11.8 Å². The molecule has 2 heterocycles. The lowest BCUT2D eigenvalue weighted by atomic mass is 10.2. The summed E-state index contributed by atoms with van der Waals surface area (Å²) in [5.41, 5.74) is 1.96. The molecule has 3 rings (SSSR count). The van der Waals surface area contributed by atoms with E-state index >= 15 is 0 Å². The Labute approximate surface area is 152 Å². The summed E-state index contributed by atoms with van der Waals surface area (Å²) in [6.45, 7) is 1.89. The normalized spacial score (nSPS) is 11.6. The third-order valence-corrected chi connectivity index (χ3v) is 6.02. The molecule has 0 aliphatic heterocycles. The minimum Gasteiger partial charge on any atom is -0.464 e. The lowest BCUT2D eigenvalue weighted by molar-refractivity contribution is 0.0594. The van der Waals surface area contributed by atoms with Gasteiger partial charge in [0, 0.05) is 6.20 Å². The van der Waals surface area contributed by atoms with Gasteiger partial charge in [-0.3, -0.25) is 0 Å². The summed E-state index contributed by atoms with van der Waals surface area (Å²) in [6, 6.07) is 9.64. The lowest BCUT2D eigenvalue weighted by Gasteiger charge is -2.08. The van der Waals surface area contributed by atoms with Gasteiger partial charge in [-0.2, -0.15) is 0 Å². The molecule has 0 saturated heterocycles. The molecule has 2 aromatic heterocycles. The smallest absolute Gasteiger partial charge is 0.356 e. The number of ether oxygens (including phenoxy) is 1. The van der Waals surface area contributed by atoms with E-state index in [4.69, 9.17) is 0 Å². The van der Waals surface area contributed by atoms with E-state index in [-0.39, 0.29) is 10.6 Å². The maximum absolute atomic E-state index is 12.9. The number of rotatable bonds is 3. The Bertz CT molecular complexity index is 1040. The number of esters is 1. The van der Waals surface area contributed by atoms with Crippen molar-refractivity contribution >= 4 is 49.6 Å². The number of benzene rings is 1. The van der Waals surface area contributed by atoms with E-state index in [2.05, 4.69) is 9.72 Å². The number of methoxy groups -OCH3 is 1. The number of nitrogens with zero attached hydrogens (tertiary/aromatic N) is 2. The molecule has 0 aliphatic carbocycles. The van der Waals surface area contributed by atoms with Gasteiger partial charge in [0.15, 0.2) is 0 Å². The Hall–Kier alpha value is -1.94. The molecule has 0 N–H and O–H groups in total. The number of halogens is 1. The van der Waals surface area contributed by atoms with Crippen LogP contribution in [0.5, 0.6) is 0 Å². The molecule has 0 saturated carbocycles. The summed E-state index contributed by atoms with van der Waals surface area (Å²) in [4.78, 5) is 16.0. The standard InChI is InChI=1S/C16H13IN2O4S/c1-10-3-5-11(6-4-10)24(21,22)19-9-12(17)15-14(19)8-7-13(18-15)16(20)23-2/h3-9H,1-2H3. The highest BCUT2D eigenvalue weighted by Crippen LogP contribution is 2.26. The molecule has 3 aromatic rings. The minimum atomic E-state index is -3.74. The second-order valence-corrected chi connectivity index (χ2v) is 8.12. The van der Waals surface area contributed by atoms with Gasteiger partial charge in [0.1, 0.15) is 11.2 Å². The van der Waals surface area contributed by atoms with Crippen LogP contribution in [-0.4, -0.2) is 30.5 Å². The highest BCUT2D eigenvalue weighted by atomic mass is 127. The number of aromatic nitrogens is 2. The van der Waals surface area contributed by atoms with Gasteiger partial charge in [-0.25, -0.2) is 22.2 Å². The number of carbonyl (C=O) groups excluding carboxylic acids is 1. The van der Waals surface area contributed by atoms with Crippen molar-refractivity contribution in [1.82, 2.24) is 8.96 Å². The Balaban J connectivity index is 2.20. The minimum absolute atomic E-state index is 0.133. The molecular weight excluding hydrogens is 443 g/mol. The van der Waals surface area contributed by atoms with E-state index in [0.717, 1.165) is 5.56 Å². The molecule has 1 aromatic carbocycles. The molecule has 8 heteroatoms. The van der Waals surface area contributed by atoms with Gasteiger partial charge in [0.2, 0.25) is 0 Å². The zero-order chi connectivity index (χ0) is 17.5. The first-order valence-electron chi connectivity index (χ1n) is 6.93. The van der Waals surface area contributed by atoms with Crippen LogP contribution < -0.4 is 0 Å². The predicted octanol–water partition coefficient (Wildman–Crippen LogP) is 2.97. The third-order valence-electron chi connectivity index (χ3n) is 3.54. The Morgan fingerprint density at radius 2 is 1.83 bits per heavy atom. The molecule has 0 atom stereocenters. The van der Waals surface area contributed by atoms with Gasteiger partial charge in [-0.1, -0.05) is 17.7 Å². The van der Waals surface area contributed by atoms with Crippen LogP contribution in [0, 0.1) is 10.5 Å². The van der Waals surface area contributed by atoms with Crippen LogP contribution >= 0.6 is 22.6 Å². The van der Waals surface area contributed by atoms with Crippen LogP contribution in [0.4, 0.5) is 0 Å². The van der Waals surface area contributed by atoms with E-state index in [0.29, 0.717) is 14.6 Å². The highest BCUT2D eigenvalue weighted by Gasteiger charge is 2.22. The predicted molar refractivity (Wildman–Crippen MR) is 97.6 cm³/mol. The molecule has 0 amide bonds. The van der Waals surface area contributed by atoms with Crippen LogP contribution in [0.3, 0.4) is 0 Å². The van der Waals surface area contributed by atoms with Crippen LogP contribution in [0.1, 0.15) is 16.1 Å². The molecule has 0 aliphatic rings. The molecule has 24 heavy (non-hydrogen) atoms. The summed E-state index contributed by atoms with van der Waals surface area (Å²) < 4.78 is 32.2. The van der Waals surface area contributed by atoms with Gasteiger partial charge in [-0.05, 0) is 53.8 Å². The first kappa shape index (κ1) is 16.9. The first-order chi connectivity index (χ1) is 11.3. The zero-order valence-corrected chi connectivity index (χ0v) is 15.8. The first-order valence-corrected chi connectivity index (χ1v) is 9.44. The molecule has 0 spiro atoms. The quantitative estimate of drug-likeness (QED) is 0.448. The second kappa shape index (κ2) is 6.17. The maximum atomic E-state index is 12.9. The van der Waals surface area contributed by atoms with Gasteiger partial charge >= 0.3 is 5.97 Å². The molecule has 0 radical (unpaired) electrons. The van der Waals surface area contributed by atoms with Crippen LogP contribution in [0.2, 0.25) is 0 Å². The van der Waals surface area contributed by atoms with Crippen molar-refractivity contribution in [2.24, 2.45) is 0 Å². The fraction of sp³-hybridized carbons (Fsp3) is 0.125. The van der Waals surface area contributed by atoms with E-state index < -0.39 is 16.0 Å². The summed E-state index contributed by atoms with van der Waals surface area (Å²) >= 11 is 2.00. The Morgan fingerprint density at radius 3 is 2.46 bits per heavy atom. The molecule has 0 unspecified atom stereocenters. The molecule has 0 fully saturated rings. The van der Waals surface area contributed by atoms with Gasteiger partial charge in [0.05, 0.1) is 21.1 Å². The summed E-state index contributed by atoms with van der Waals surface area (Å²) in [5.74, 6) is -0.568. The maximum Gasteiger partial charge on any atom is 0.356 e. The molecule has 0 bridgehead atoms. The Morgan fingerprint density at radius 1 is 1.17 bits per heavy atom. The van der Waals surface area contributed by atoms with Crippen molar-refractivity contribution in [3.05, 3.63) is 57.4 Å². The zero-order valence-electron chi connectivity index (χ0n) is 12.9. The average Bonchev–Trinajstić information content (AvgIpc) is 2.91. The monoisotopic (exact) mass is 456 g/mol. The van der Waals surface area contributed by atoms with Crippen molar-refractivity contribution in [2.75, 3.05) is 7.11 Å². The second-order valence-electron chi connectivity index (χ2n) is 5.15. The lowest BCUT2D eigenvalue weighted by Crippen LogP contribution is -2.12. The third kappa shape index (κ3) is 2.80. The SMILES string of the molecule is COC(=O)c1ccc2c(n1)c(I)cn2S(=O)(=O)c1ccc(C)cc1. The van der Waals surface area contributed by atoms with Crippen molar-refractivity contribution in [1.29, 1.82) is 0 Å². The van der Waals surface area contributed by atoms with E-state index in [9.17, 15) is 13.2 Å². The van der Waals surface area contributed by atoms with Gasteiger partial charge in [-0.15, -0.1) is 0 Å². The van der Waals surface area contributed by atoms with E-state index in [1.165, 1.54) is 23.3 Å². The largest absolute Gasteiger partial charge is 0.464 e. The summed E-state index contributed by atoms with van der Waals surface area (Å²) in [6.07, 6.45) is 1.49. The number of pyridine rings is 1. The molecule has 124 valence electrons. The van der Waals surface area contributed by atoms with Gasteiger partial charge < -0.3 is 4.74 Å². The average molecular weight is 456 g/mol. The van der Waals surface area contributed by atoms with E-state index in [1.54, 1.807) is 30.3 Å². The van der Waals surface area contributed by atoms with Crippen molar-refractivity contribution < 1.29 is 17.9 Å². The van der Waals surface area contributed by atoms with Gasteiger partial charge in [0.25, 0.3) is 10.0 Å². The molecule has 6 nitrogen and oxygen atoms in total. The van der Waals surface area contributed by atoms with E-state index in [1.807, 2.05) is 29.5 Å². The fourth-order valence-corrected chi connectivity index (χ4v) is 4.50. The fourth-order valence-electron chi connectivity index (χ4n) is 2.28. The number of hydrogen-bond acceptors (Lipinski definition) is 5.